The predicted molar refractivity (Wildman–Crippen MR) is 57.7 cm³/mol. The molecule has 15 heavy (non-hydrogen) atoms. The van der Waals surface area contributed by atoms with Crippen LogP contribution in [0.2, 0.25) is 0 Å². The van der Waals surface area contributed by atoms with E-state index in [9.17, 15) is 0 Å². The van der Waals surface area contributed by atoms with Gasteiger partial charge in [0.2, 0.25) is 0 Å². The third kappa shape index (κ3) is 1.22. The molecule has 0 bridgehead atoms. The van der Waals surface area contributed by atoms with Crippen LogP contribution in [0, 0.1) is 6.92 Å². The van der Waals surface area contributed by atoms with Crippen molar-refractivity contribution in [3.05, 3.63) is 29.2 Å². The summed E-state index contributed by atoms with van der Waals surface area (Å²) in [5, 5.41) is 0. The Labute approximate surface area is 87.7 Å². The van der Waals surface area contributed by atoms with Crippen molar-refractivity contribution in [3.63, 3.8) is 0 Å². The first-order valence-corrected chi connectivity index (χ1v) is 5.09. The second-order valence-corrected chi connectivity index (χ2v) is 3.96. The highest BCUT2D eigenvalue weighted by Gasteiger charge is 2.17. The Bertz CT molecular complexity index is 530. The number of hydrogen-bond acceptors (Lipinski definition) is 3. The molecular formula is C11H13N3O. The number of pyridine rings is 1. The molecule has 0 fully saturated rings. The van der Waals surface area contributed by atoms with Gasteiger partial charge in [0.1, 0.15) is 5.65 Å². The Morgan fingerprint density at radius 3 is 3.27 bits per heavy atom. The average molecular weight is 203 g/mol. The molecule has 0 saturated heterocycles. The lowest BCUT2D eigenvalue weighted by Crippen LogP contribution is -2.10. The topological polar surface area (TPSA) is 52.5 Å². The molecule has 2 aromatic heterocycles. The maximum absolute atomic E-state index is 5.83. The summed E-state index contributed by atoms with van der Waals surface area (Å²) in [6, 6.07) is 1.95. The number of fused-ring (bicyclic) bond motifs is 3. The molecule has 0 unspecified atom stereocenters. The Balaban J connectivity index is 2.37. The van der Waals surface area contributed by atoms with E-state index in [4.69, 9.17) is 10.5 Å². The Morgan fingerprint density at radius 1 is 1.53 bits per heavy atom. The van der Waals surface area contributed by atoms with Crippen molar-refractivity contribution in [3.8, 4) is 0 Å². The standard InChI is InChI=1S/C11H13N3O/c1-7-4-8(12)5-14-10-6-15-3-2-9(10)13-11(7)14/h4-5H,2-3,6,12H2,1H3. The van der Waals surface area contributed by atoms with Crippen LogP contribution in [-0.4, -0.2) is 16.0 Å². The number of nitrogens with two attached hydrogens (primary N) is 1. The molecule has 4 heteroatoms. The lowest BCUT2D eigenvalue weighted by Gasteiger charge is -2.11. The lowest BCUT2D eigenvalue weighted by atomic mass is 10.2. The smallest absolute Gasteiger partial charge is 0.140 e. The van der Waals surface area contributed by atoms with Crippen molar-refractivity contribution in [1.29, 1.82) is 0 Å². The molecule has 0 aliphatic carbocycles. The molecule has 2 N–H and O–H groups in total. The van der Waals surface area contributed by atoms with Crippen LogP contribution in [0.3, 0.4) is 0 Å². The number of anilines is 1. The van der Waals surface area contributed by atoms with Crippen LogP contribution in [0.5, 0.6) is 0 Å². The van der Waals surface area contributed by atoms with E-state index in [1.165, 1.54) is 0 Å². The molecule has 1 aliphatic rings. The average Bonchev–Trinajstić information content (AvgIpc) is 2.57. The first-order chi connectivity index (χ1) is 7.25. The summed E-state index contributed by atoms with van der Waals surface area (Å²) < 4.78 is 7.50. The second kappa shape index (κ2) is 2.97. The van der Waals surface area contributed by atoms with E-state index in [-0.39, 0.29) is 0 Å². The van der Waals surface area contributed by atoms with E-state index in [0.717, 1.165) is 41.3 Å². The zero-order valence-electron chi connectivity index (χ0n) is 8.66. The Morgan fingerprint density at radius 2 is 2.40 bits per heavy atom. The first-order valence-electron chi connectivity index (χ1n) is 5.09. The maximum atomic E-state index is 5.83. The normalized spacial score (nSPS) is 15.5. The number of ether oxygens (including phenoxy) is 1. The van der Waals surface area contributed by atoms with Crippen molar-refractivity contribution < 1.29 is 4.74 Å². The SMILES string of the molecule is Cc1cc(N)cn2c3c(nc12)CCOC3. The summed E-state index contributed by atoms with van der Waals surface area (Å²) >= 11 is 0. The van der Waals surface area contributed by atoms with Gasteiger partial charge in [-0.15, -0.1) is 0 Å². The molecule has 0 spiro atoms. The van der Waals surface area contributed by atoms with Gasteiger partial charge in [0.05, 0.1) is 24.6 Å². The fourth-order valence-electron chi connectivity index (χ4n) is 2.12. The van der Waals surface area contributed by atoms with Gasteiger partial charge in [-0.3, -0.25) is 4.40 Å². The number of nitrogens with zero attached hydrogens (tertiary/aromatic N) is 2. The third-order valence-electron chi connectivity index (χ3n) is 2.83. The number of imidazole rings is 1. The van der Waals surface area contributed by atoms with Crippen LogP contribution in [0.1, 0.15) is 17.0 Å². The highest BCUT2D eigenvalue weighted by molar-refractivity contribution is 5.56. The van der Waals surface area contributed by atoms with Gasteiger partial charge >= 0.3 is 0 Å². The summed E-state index contributed by atoms with van der Waals surface area (Å²) in [6.07, 6.45) is 2.82. The molecule has 1 aliphatic heterocycles. The van der Waals surface area contributed by atoms with E-state index in [1.54, 1.807) is 0 Å². The number of rotatable bonds is 0. The van der Waals surface area contributed by atoms with Gasteiger partial charge in [0.15, 0.2) is 0 Å². The van der Waals surface area contributed by atoms with E-state index in [2.05, 4.69) is 9.38 Å². The maximum Gasteiger partial charge on any atom is 0.140 e. The fourth-order valence-corrected chi connectivity index (χ4v) is 2.12. The minimum Gasteiger partial charge on any atom is -0.398 e. The van der Waals surface area contributed by atoms with Crippen molar-refractivity contribution in [2.24, 2.45) is 0 Å². The van der Waals surface area contributed by atoms with Crippen LogP contribution in [0.4, 0.5) is 5.69 Å². The molecule has 0 atom stereocenters. The molecule has 3 heterocycles. The molecular weight excluding hydrogens is 190 g/mol. The molecule has 78 valence electrons. The van der Waals surface area contributed by atoms with Gasteiger partial charge in [-0.05, 0) is 18.6 Å². The predicted octanol–water partition coefficient (Wildman–Crippen LogP) is 1.30. The number of hydrogen-bond donors (Lipinski definition) is 1. The van der Waals surface area contributed by atoms with E-state index in [0.29, 0.717) is 6.61 Å². The van der Waals surface area contributed by atoms with Gasteiger partial charge in [0, 0.05) is 18.3 Å². The summed E-state index contributed by atoms with van der Waals surface area (Å²) in [7, 11) is 0. The molecule has 4 nitrogen and oxygen atoms in total. The van der Waals surface area contributed by atoms with Crippen molar-refractivity contribution in [1.82, 2.24) is 9.38 Å². The van der Waals surface area contributed by atoms with Crippen LogP contribution in [0.15, 0.2) is 12.3 Å². The molecule has 0 aromatic carbocycles. The second-order valence-electron chi connectivity index (χ2n) is 3.96. The fraction of sp³-hybridized carbons (Fsp3) is 0.364. The van der Waals surface area contributed by atoms with Crippen molar-refractivity contribution >= 4 is 11.3 Å². The van der Waals surface area contributed by atoms with Crippen LogP contribution in [-0.2, 0) is 17.8 Å². The molecule has 0 radical (unpaired) electrons. The number of aromatic nitrogens is 2. The van der Waals surface area contributed by atoms with Crippen molar-refractivity contribution in [2.45, 2.75) is 20.0 Å². The van der Waals surface area contributed by atoms with Gasteiger partial charge in [0.25, 0.3) is 0 Å². The molecule has 0 saturated carbocycles. The Hall–Kier alpha value is -1.55. The highest BCUT2D eigenvalue weighted by atomic mass is 16.5. The summed E-state index contributed by atoms with van der Waals surface area (Å²) in [5.74, 6) is 0. The molecule has 3 rings (SSSR count). The van der Waals surface area contributed by atoms with E-state index < -0.39 is 0 Å². The van der Waals surface area contributed by atoms with Crippen molar-refractivity contribution in [2.75, 3.05) is 12.3 Å². The van der Waals surface area contributed by atoms with Crippen LogP contribution in [0.25, 0.3) is 5.65 Å². The minimum absolute atomic E-state index is 0.638. The third-order valence-corrected chi connectivity index (χ3v) is 2.83. The molecule has 0 amide bonds. The van der Waals surface area contributed by atoms with E-state index in [1.807, 2.05) is 19.2 Å². The van der Waals surface area contributed by atoms with Gasteiger partial charge in [-0.1, -0.05) is 0 Å². The van der Waals surface area contributed by atoms with Gasteiger partial charge < -0.3 is 10.5 Å². The lowest BCUT2D eigenvalue weighted by molar-refractivity contribution is 0.106. The number of nitrogen functional groups attached to an aromatic ring is 1. The summed E-state index contributed by atoms with van der Waals surface area (Å²) in [6.45, 7) is 3.44. The quantitative estimate of drug-likeness (QED) is 0.702. The van der Waals surface area contributed by atoms with Gasteiger partial charge in [-0.2, -0.15) is 0 Å². The Kier molecular flexibility index (Phi) is 1.73. The minimum atomic E-state index is 0.638. The summed E-state index contributed by atoms with van der Waals surface area (Å²) in [5.41, 5.74) is 11.0. The number of aryl methyl sites for hydroxylation is 1. The van der Waals surface area contributed by atoms with Crippen LogP contribution < -0.4 is 5.73 Å². The summed E-state index contributed by atoms with van der Waals surface area (Å²) in [4.78, 5) is 4.62. The van der Waals surface area contributed by atoms with Gasteiger partial charge in [-0.25, -0.2) is 4.98 Å². The molecule has 2 aromatic rings. The van der Waals surface area contributed by atoms with E-state index >= 15 is 0 Å². The zero-order valence-corrected chi connectivity index (χ0v) is 8.66. The van der Waals surface area contributed by atoms with Crippen LogP contribution >= 0.6 is 0 Å². The largest absolute Gasteiger partial charge is 0.398 e. The first kappa shape index (κ1) is 8.73. The zero-order chi connectivity index (χ0) is 10.4. The highest BCUT2D eigenvalue weighted by Crippen LogP contribution is 2.22. The monoisotopic (exact) mass is 203 g/mol.